The minimum Gasteiger partial charge on any atom is -0.497 e. The van der Waals surface area contributed by atoms with Crippen LogP contribution in [0, 0.1) is 0 Å². The first-order valence-corrected chi connectivity index (χ1v) is 9.06. The van der Waals surface area contributed by atoms with E-state index in [0.717, 1.165) is 36.2 Å². The molecule has 0 fully saturated rings. The summed E-state index contributed by atoms with van der Waals surface area (Å²) in [6.07, 6.45) is 2.50. The van der Waals surface area contributed by atoms with Gasteiger partial charge in [-0.15, -0.1) is 0 Å². The van der Waals surface area contributed by atoms with Crippen molar-refractivity contribution in [2.24, 2.45) is 4.99 Å². The molecule has 2 rings (SSSR count). The number of ether oxygens (including phenoxy) is 3. The molecule has 0 spiro atoms. The predicted molar refractivity (Wildman–Crippen MR) is 105 cm³/mol. The van der Waals surface area contributed by atoms with Gasteiger partial charge in [0, 0.05) is 26.3 Å². The third-order valence-electron chi connectivity index (χ3n) is 3.74. The van der Waals surface area contributed by atoms with E-state index < -0.39 is 0 Å². The van der Waals surface area contributed by atoms with Gasteiger partial charge in [0.25, 0.3) is 0 Å². The Bertz CT molecular complexity index is 674. The average molecular weight is 375 g/mol. The molecule has 1 atom stereocenters. The minimum absolute atomic E-state index is 0.0210. The third kappa shape index (κ3) is 8.04. The lowest BCUT2D eigenvalue weighted by molar-refractivity contribution is 0.105. The summed E-state index contributed by atoms with van der Waals surface area (Å²) >= 11 is 0. The minimum atomic E-state index is -0.0210. The lowest BCUT2D eigenvalue weighted by Gasteiger charge is -2.18. The summed E-state index contributed by atoms with van der Waals surface area (Å²) in [6.45, 7) is 4.55. The van der Waals surface area contributed by atoms with E-state index in [2.05, 4.69) is 15.6 Å². The van der Waals surface area contributed by atoms with Gasteiger partial charge in [0.05, 0.1) is 19.9 Å². The molecule has 1 aromatic carbocycles. The maximum atomic E-state index is 5.89. The van der Waals surface area contributed by atoms with Crippen LogP contribution in [0.15, 0.2) is 52.1 Å². The second kappa shape index (κ2) is 11.9. The average Bonchev–Trinajstić information content (AvgIpc) is 3.20. The normalized spacial score (nSPS) is 12.5. The van der Waals surface area contributed by atoms with Crippen molar-refractivity contribution in [3.8, 4) is 11.5 Å². The molecule has 2 N–H and O–H groups in total. The zero-order valence-corrected chi connectivity index (χ0v) is 16.2. The SMILES string of the molecule is CN=C(NCCCOCc1ccco1)NCC(C)Oc1cccc(OC)c1. The highest BCUT2D eigenvalue weighted by Gasteiger charge is 2.06. The maximum absolute atomic E-state index is 5.89. The van der Waals surface area contributed by atoms with Crippen LogP contribution >= 0.6 is 0 Å². The Kier molecular flexibility index (Phi) is 9.06. The van der Waals surface area contributed by atoms with Crippen LogP contribution in [0.1, 0.15) is 19.1 Å². The Hall–Kier alpha value is -2.67. The monoisotopic (exact) mass is 375 g/mol. The summed E-state index contributed by atoms with van der Waals surface area (Å²) in [5.74, 6) is 3.13. The van der Waals surface area contributed by atoms with Crippen molar-refractivity contribution in [2.45, 2.75) is 26.1 Å². The van der Waals surface area contributed by atoms with Crippen molar-refractivity contribution in [1.29, 1.82) is 0 Å². The molecular weight excluding hydrogens is 346 g/mol. The zero-order chi connectivity index (χ0) is 19.3. The van der Waals surface area contributed by atoms with Crippen molar-refractivity contribution in [3.63, 3.8) is 0 Å². The second-order valence-corrected chi connectivity index (χ2v) is 5.97. The van der Waals surface area contributed by atoms with E-state index in [9.17, 15) is 0 Å². The Morgan fingerprint density at radius 3 is 2.78 bits per heavy atom. The fourth-order valence-electron chi connectivity index (χ4n) is 2.36. The maximum Gasteiger partial charge on any atom is 0.191 e. The molecule has 0 saturated heterocycles. The second-order valence-electron chi connectivity index (χ2n) is 5.97. The van der Waals surface area contributed by atoms with Gasteiger partial charge in [-0.25, -0.2) is 0 Å². The number of nitrogens with zero attached hydrogens (tertiary/aromatic N) is 1. The van der Waals surface area contributed by atoms with Crippen LogP contribution in [-0.4, -0.2) is 45.9 Å². The van der Waals surface area contributed by atoms with Gasteiger partial charge < -0.3 is 29.3 Å². The first kappa shape index (κ1) is 20.6. The van der Waals surface area contributed by atoms with Crippen LogP contribution in [-0.2, 0) is 11.3 Å². The number of methoxy groups -OCH3 is 1. The molecule has 1 aromatic heterocycles. The van der Waals surface area contributed by atoms with Crippen molar-refractivity contribution in [3.05, 3.63) is 48.4 Å². The fraction of sp³-hybridized carbons (Fsp3) is 0.450. The molecule has 0 aliphatic heterocycles. The highest BCUT2D eigenvalue weighted by molar-refractivity contribution is 5.79. The fourth-order valence-corrected chi connectivity index (χ4v) is 2.36. The molecule has 0 radical (unpaired) electrons. The smallest absolute Gasteiger partial charge is 0.191 e. The number of aliphatic imine (C=N–C) groups is 1. The van der Waals surface area contributed by atoms with Gasteiger partial charge >= 0.3 is 0 Å². The van der Waals surface area contributed by atoms with Crippen LogP contribution in [0.2, 0.25) is 0 Å². The van der Waals surface area contributed by atoms with Gasteiger partial charge in [-0.1, -0.05) is 6.07 Å². The van der Waals surface area contributed by atoms with Gasteiger partial charge in [0.15, 0.2) is 5.96 Å². The molecule has 0 amide bonds. The Morgan fingerprint density at radius 2 is 2.04 bits per heavy atom. The third-order valence-corrected chi connectivity index (χ3v) is 3.74. The molecule has 148 valence electrons. The number of hydrogen-bond acceptors (Lipinski definition) is 5. The molecule has 0 aliphatic rings. The molecule has 1 unspecified atom stereocenters. The summed E-state index contributed by atoms with van der Waals surface area (Å²) < 4.78 is 21.9. The van der Waals surface area contributed by atoms with Gasteiger partial charge in [-0.3, -0.25) is 4.99 Å². The molecule has 0 aliphatic carbocycles. The highest BCUT2D eigenvalue weighted by Crippen LogP contribution is 2.19. The van der Waals surface area contributed by atoms with E-state index in [-0.39, 0.29) is 6.10 Å². The van der Waals surface area contributed by atoms with Crippen LogP contribution < -0.4 is 20.1 Å². The van der Waals surface area contributed by atoms with Crippen LogP contribution in [0.3, 0.4) is 0 Å². The van der Waals surface area contributed by atoms with E-state index in [0.29, 0.717) is 19.8 Å². The highest BCUT2D eigenvalue weighted by atomic mass is 16.5. The summed E-state index contributed by atoms with van der Waals surface area (Å²) in [7, 11) is 3.39. The van der Waals surface area contributed by atoms with Crippen molar-refractivity contribution in [1.82, 2.24) is 10.6 Å². The molecule has 27 heavy (non-hydrogen) atoms. The molecule has 7 nitrogen and oxygen atoms in total. The Balaban J connectivity index is 1.58. The molecule has 2 aromatic rings. The van der Waals surface area contributed by atoms with Gasteiger partial charge in [-0.2, -0.15) is 0 Å². The van der Waals surface area contributed by atoms with E-state index in [4.69, 9.17) is 18.6 Å². The zero-order valence-electron chi connectivity index (χ0n) is 16.2. The molecule has 0 bridgehead atoms. The van der Waals surface area contributed by atoms with Crippen LogP contribution in [0.5, 0.6) is 11.5 Å². The summed E-state index contributed by atoms with van der Waals surface area (Å²) in [5.41, 5.74) is 0. The van der Waals surface area contributed by atoms with Crippen molar-refractivity contribution >= 4 is 5.96 Å². The molecule has 0 saturated carbocycles. The first-order chi connectivity index (χ1) is 13.2. The van der Waals surface area contributed by atoms with E-state index >= 15 is 0 Å². The summed E-state index contributed by atoms with van der Waals surface area (Å²) in [5, 5.41) is 6.52. The number of rotatable bonds is 11. The summed E-state index contributed by atoms with van der Waals surface area (Å²) in [6, 6.07) is 11.3. The topological polar surface area (TPSA) is 77.3 Å². The first-order valence-electron chi connectivity index (χ1n) is 9.06. The van der Waals surface area contributed by atoms with E-state index in [1.165, 1.54) is 0 Å². The van der Waals surface area contributed by atoms with Gasteiger partial charge in [0.1, 0.15) is 30.0 Å². The lowest BCUT2D eigenvalue weighted by atomic mass is 10.3. The predicted octanol–water partition coefficient (Wildman–Crippen LogP) is 2.83. The van der Waals surface area contributed by atoms with Crippen LogP contribution in [0.25, 0.3) is 0 Å². The van der Waals surface area contributed by atoms with Crippen molar-refractivity contribution < 1.29 is 18.6 Å². The number of nitrogens with one attached hydrogen (secondary N) is 2. The van der Waals surface area contributed by atoms with Crippen molar-refractivity contribution in [2.75, 3.05) is 33.9 Å². The number of guanidine groups is 1. The molecule has 7 heteroatoms. The van der Waals surface area contributed by atoms with E-state index in [1.54, 1.807) is 20.4 Å². The standard InChI is InChI=1S/C20H29N3O4/c1-16(27-18-8-4-7-17(13-18)24-3)14-23-20(21-2)22-10-6-11-25-15-19-9-5-12-26-19/h4-5,7-9,12-13,16H,6,10-11,14-15H2,1-3H3,(H2,21,22,23). The van der Waals surface area contributed by atoms with E-state index in [1.807, 2.05) is 43.3 Å². The quantitative estimate of drug-likeness (QED) is 0.357. The number of benzene rings is 1. The van der Waals surface area contributed by atoms with Gasteiger partial charge in [0.2, 0.25) is 0 Å². The largest absolute Gasteiger partial charge is 0.497 e. The number of furan rings is 1. The van der Waals surface area contributed by atoms with Crippen LogP contribution in [0.4, 0.5) is 0 Å². The Labute approximate surface area is 160 Å². The summed E-state index contributed by atoms with van der Waals surface area (Å²) in [4.78, 5) is 4.22. The molecular formula is C20H29N3O4. The number of hydrogen-bond donors (Lipinski definition) is 2. The Morgan fingerprint density at radius 1 is 1.19 bits per heavy atom. The lowest BCUT2D eigenvalue weighted by Crippen LogP contribution is -2.42. The molecule has 1 heterocycles. The van der Waals surface area contributed by atoms with Gasteiger partial charge in [-0.05, 0) is 37.6 Å².